The molecule has 4 heteroatoms. The van der Waals surface area contributed by atoms with E-state index in [1.807, 2.05) is 4.57 Å². The fourth-order valence-electron chi connectivity index (χ4n) is 3.28. The van der Waals surface area contributed by atoms with Crippen molar-refractivity contribution in [3.8, 4) is 0 Å². The van der Waals surface area contributed by atoms with Crippen molar-refractivity contribution in [1.82, 2.24) is 9.88 Å². The van der Waals surface area contributed by atoms with Crippen LogP contribution in [0.2, 0.25) is 0 Å². The van der Waals surface area contributed by atoms with Gasteiger partial charge in [0.2, 0.25) is 0 Å². The Morgan fingerprint density at radius 3 is 3.16 bits per heavy atom. The number of nitrogens with zero attached hydrogens (tertiary/aromatic N) is 1. The number of rotatable bonds is 4. The highest BCUT2D eigenvalue weighted by Gasteiger charge is 2.30. The summed E-state index contributed by atoms with van der Waals surface area (Å²) >= 11 is 0. The maximum atomic E-state index is 12.2. The lowest BCUT2D eigenvalue weighted by Crippen LogP contribution is -2.45. The summed E-state index contributed by atoms with van der Waals surface area (Å²) < 4.78 is 7.53. The van der Waals surface area contributed by atoms with Crippen LogP contribution in [0.1, 0.15) is 36.9 Å². The fraction of sp³-hybridized carbons (Fsp3) is 0.667. The molecule has 0 radical (unpaired) electrons. The Bertz CT molecular complexity index is 509. The molecule has 2 atom stereocenters. The lowest BCUT2D eigenvalue weighted by molar-refractivity contribution is 0.121. The number of aromatic nitrogens is 1. The van der Waals surface area contributed by atoms with Gasteiger partial charge in [0.1, 0.15) is 0 Å². The van der Waals surface area contributed by atoms with E-state index in [0.29, 0.717) is 18.4 Å². The predicted molar refractivity (Wildman–Crippen MR) is 74.4 cm³/mol. The van der Waals surface area contributed by atoms with Crippen LogP contribution in [0.25, 0.3) is 0 Å². The average Bonchev–Trinajstić information content (AvgIpc) is 2.41. The predicted octanol–water partition coefficient (Wildman–Crippen LogP) is 1.48. The van der Waals surface area contributed by atoms with E-state index in [-0.39, 0.29) is 5.56 Å². The first-order chi connectivity index (χ1) is 9.28. The first-order valence-electron chi connectivity index (χ1n) is 7.30. The number of hydrogen-bond acceptors (Lipinski definition) is 3. The van der Waals surface area contributed by atoms with Gasteiger partial charge in [-0.15, -0.1) is 0 Å². The minimum Gasteiger partial charge on any atom is -0.377 e. The molecule has 1 aromatic heterocycles. The van der Waals surface area contributed by atoms with Crippen LogP contribution in [0, 0.1) is 5.92 Å². The molecular formula is C15H22N2O2. The third kappa shape index (κ3) is 2.60. The van der Waals surface area contributed by atoms with Crippen LogP contribution in [0.3, 0.4) is 0 Å². The molecule has 19 heavy (non-hydrogen) atoms. The van der Waals surface area contributed by atoms with Crippen molar-refractivity contribution >= 4 is 0 Å². The summed E-state index contributed by atoms with van der Waals surface area (Å²) in [5.74, 6) is 1.11. The Hall–Kier alpha value is -1.13. The summed E-state index contributed by atoms with van der Waals surface area (Å²) in [4.78, 5) is 12.2. The van der Waals surface area contributed by atoms with Gasteiger partial charge >= 0.3 is 0 Å². The van der Waals surface area contributed by atoms with Gasteiger partial charge < -0.3 is 14.6 Å². The fourth-order valence-corrected chi connectivity index (χ4v) is 3.28. The summed E-state index contributed by atoms with van der Waals surface area (Å²) in [6.07, 6.45) is 2.23. The Morgan fingerprint density at radius 2 is 2.32 bits per heavy atom. The second-order valence-corrected chi connectivity index (χ2v) is 5.75. The molecular weight excluding hydrogens is 240 g/mol. The quantitative estimate of drug-likeness (QED) is 0.836. The summed E-state index contributed by atoms with van der Waals surface area (Å²) in [6.45, 7) is 6.31. The van der Waals surface area contributed by atoms with Gasteiger partial charge in [-0.25, -0.2) is 0 Å². The molecule has 2 aliphatic heterocycles. The van der Waals surface area contributed by atoms with Crippen molar-refractivity contribution in [2.75, 3.05) is 19.7 Å². The van der Waals surface area contributed by atoms with Crippen LogP contribution in [-0.4, -0.2) is 24.3 Å². The van der Waals surface area contributed by atoms with Crippen molar-refractivity contribution in [2.24, 2.45) is 5.92 Å². The molecule has 2 unspecified atom stereocenters. The summed E-state index contributed by atoms with van der Waals surface area (Å²) in [7, 11) is 0. The number of hydrogen-bond donors (Lipinski definition) is 1. The molecule has 1 fully saturated rings. The number of nitrogens with one attached hydrogen (secondary N) is 1. The lowest BCUT2D eigenvalue weighted by atomic mass is 9.84. The lowest BCUT2D eigenvalue weighted by Gasteiger charge is -2.37. The third-order valence-corrected chi connectivity index (χ3v) is 4.14. The van der Waals surface area contributed by atoms with E-state index in [2.05, 4.69) is 18.3 Å². The van der Waals surface area contributed by atoms with Gasteiger partial charge in [-0.2, -0.15) is 0 Å². The number of fused-ring (bicyclic) bond motifs is 4. The first-order valence-corrected chi connectivity index (χ1v) is 7.30. The van der Waals surface area contributed by atoms with Gasteiger partial charge in [-0.1, -0.05) is 6.92 Å². The van der Waals surface area contributed by atoms with Crippen molar-refractivity contribution < 1.29 is 4.74 Å². The minimum atomic E-state index is 0.143. The van der Waals surface area contributed by atoms with E-state index in [1.54, 1.807) is 6.07 Å². The van der Waals surface area contributed by atoms with Gasteiger partial charge in [0.25, 0.3) is 5.56 Å². The SMILES string of the molecule is CCCOCc1cc2n(c(=O)c1)CC1CNCC2C1. The monoisotopic (exact) mass is 262 g/mol. The number of pyridine rings is 1. The summed E-state index contributed by atoms with van der Waals surface area (Å²) in [5, 5.41) is 3.47. The number of piperidine rings is 1. The molecule has 1 saturated heterocycles. The smallest absolute Gasteiger partial charge is 0.251 e. The van der Waals surface area contributed by atoms with Crippen LogP contribution in [0.15, 0.2) is 16.9 Å². The zero-order valence-electron chi connectivity index (χ0n) is 11.5. The minimum absolute atomic E-state index is 0.143. The molecule has 0 saturated carbocycles. The van der Waals surface area contributed by atoms with Crippen LogP contribution in [0.5, 0.6) is 0 Å². The van der Waals surface area contributed by atoms with Crippen LogP contribution in [0.4, 0.5) is 0 Å². The van der Waals surface area contributed by atoms with E-state index < -0.39 is 0 Å². The first kappa shape index (κ1) is 12.9. The highest BCUT2D eigenvalue weighted by Crippen LogP contribution is 2.32. The maximum absolute atomic E-state index is 12.2. The van der Waals surface area contributed by atoms with E-state index in [0.717, 1.165) is 38.2 Å². The molecule has 104 valence electrons. The number of ether oxygens (including phenoxy) is 1. The highest BCUT2D eigenvalue weighted by atomic mass is 16.5. The molecule has 3 rings (SSSR count). The maximum Gasteiger partial charge on any atom is 0.251 e. The topological polar surface area (TPSA) is 43.3 Å². The van der Waals surface area contributed by atoms with Crippen molar-refractivity contribution in [3.63, 3.8) is 0 Å². The van der Waals surface area contributed by atoms with Gasteiger partial charge in [0.05, 0.1) is 6.61 Å². The Kier molecular flexibility index (Phi) is 3.71. The van der Waals surface area contributed by atoms with Gasteiger partial charge in [0, 0.05) is 37.4 Å². The van der Waals surface area contributed by atoms with Crippen molar-refractivity contribution in [2.45, 2.75) is 38.8 Å². The highest BCUT2D eigenvalue weighted by molar-refractivity contribution is 5.23. The zero-order chi connectivity index (χ0) is 13.2. The Morgan fingerprint density at radius 1 is 1.42 bits per heavy atom. The molecule has 4 nitrogen and oxygen atoms in total. The Labute approximate surface area is 113 Å². The molecule has 0 aliphatic carbocycles. The van der Waals surface area contributed by atoms with Gasteiger partial charge in [-0.05, 0) is 36.9 Å². The largest absolute Gasteiger partial charge is 0.377 e. The van der Waals surface area contributed by atoms with E-state index >= 15 is 0 Å². The van der Waals surface area contributed by atoms with E-state index in [1.165, 1.54) is 12.1 Å². The second kappa shape index (κ2) is 5.47. The summed E-state index contributed by atoms with van der Waals surface area (Å²) in [6, 6.07) is 3.92. The van der Waals surface area contributed by atoms with E-state index in [9.17, 15) is 4.79 Å². The molecule has 0 amide bonds. The average molecular weight is 262 g/mol. The zero-order valence-corrected chi connectivity index (χ0v) is 11.5. The molecule has 2 aliphatic rings. The molecule has 0 spiro atoms. The van der Waals surface area contributed by atoms with Gasteiger partial charge in [-0.3, -0.25) is 4.79 Å². The van der Waals surface area contributed by atoms with Crippen molar-refractivity contribution in [1.29, 1.82) is 0 Å². The molecule has 3 heterocycles. The van der Waals surface area contributed by atoms with Crippen LogP contribution >= 0.6 is 0 Å². The van der Waals surface area contributed by atoms with Gasteiger partial charge in [0.15, 0.2) is 0 Å². The van der Waals surface area contributed by atoms with E-state index in [4.69, 9.17) is 4.74 Å². The second-order valence-electron chi connectivity index (χ2n) is 5.75. The van der Waals surface area contributed by atoms with Crippen LogP contribution < -0.4 is 10.9 Å². The summed E-state index contributed by atoms with van der Waals surface area (Å²) in [5.41, 5.74) is 2.36. The standard InChI is InChI=1S/C15H22N2O2/c1-2-3-19-10-11-5-14-13-4-12(7-16-8-13)9-17(14)15(18)6-11/h5-6,12-13,16H,2-4,7-10H2,1H3. The van der Waals surface area contributed by atoms with Crippen molar-refractivity contribution in [3.05, 3.63) is 33.7 Å². The molecule has 2 bridgehead atoms. The normalized spacial score (nSPS) is 25.1. The Balaban J connectivity index is 1.87. The molecule has 1 aromatic rings. The third-order valence-electron chi connectivity index (χ3n) is 4.14. The molecule has 1 N–H and O–H groups in total. The molecule has 0 aromatic carbocycles. The van der Waals surface area contributed by atoms with Crippen LogP contribution in [-0.2, 0) is 17.9 Å².